The van der Waals surface area contributed by atoms with Crippen LogP contribution in [0.25, 0.3) is 52.6 Å². The van der Waals surface area contributed by atoms with E-state index in [4.69, 9.17) is 0 Å². The summed E-state index contributed by atoms with van der Waals surface area (Å²) in [6, 6.07) is 0. The van der Waals surface area contributed by atoms with Crippen molar-refractivity contribution in [2.24, 2.45) is 0 Å². The lowest BCUT2D eigenvalue weighted by Crippen LogP contribution is -1.94. The van der Waals surface area contributed by atoms with Crippen LogP contribution >= 0.6 is 22.7 Å². The Morgan fingerprint density at radius 3 is 2.15 bits per heavy atom. The molecule has 6 rings (SSSR count). The molecule has 0 spiro atoms. The highest BCUT2D eigenvalue weighted by Gasteiger charge is 2.14. The average molecular weight is 374 g/mol. The molecule has 0 unspecified atom stereocenters. The molecule has 6 heterocycles. The second-order valence-corrected chi connectivity index (χ2v) is 7.44. The highest BCUT2D eigenvalue weighted by atomic mass is 32.1. The molecule has 6 aromatic heterocycles. The third-order valence-electron chi connectivity index (χ3n) is 3.98. The minimum absolute atomic E-state index is 0.481. The molecule has 0 radical (unpaired) electrons. The Morgan fingerprint density at radius 1 is 0.577 bits per heavy atom. The molecule has 0 saturated carbocycles. The van der Waals surface area contributed by atoms with E-state index in [2.05, 4.69) is 39.9 Å². The third kappa shape index (κ3) is 1.93. The highest BCUT2D eigenvalue weighted by Crippen LogP contribution is 2.32. The zero-order chi connectivity index (χ0) is 17.1. The molecule has 0 aliphatic carbocycles. The fourth-order valence-electron chi connectivity index (χ4n) is 2.80. The Balaban J connectivity index is 1.57. The van der Waals surface area contributed by atoms with Crippen molar-refractivity contribution < 1.29 is 0 Å². The summed E-state index contributed by atoms with van der Waals surface area (Å²) in [6.45, 7) is 0. The van der Waals surface area contributed by atoms with E-state index >= 15 is 0 Å². The summed E-state index contributed by atoms with van der Waals surface area (Å²) in [5.41, 5.74) is 0.818. The van der Waals surface area contributed by atoms with Crippen molar-refractivity contribution in [1.82, 2.24) is 39.9 Å². The normalized spacial score (nSPS) is 11.8. The Kier molecular flexibility index (Phi) is 2.76. The van der Waals surface area contributed by atoms with E-state index < -0.39 is 0 Å². The lowest BCUT2D eigenvalue weighted by atomic mass is 10.3. The van der Waals surface area contributed by atoms with Crippen molar-refractivity contribution in [2.75, 3.05) is 0 Å². The van der Waals surface area contributed by atoms with Gasteiger partial charge in [-0.1, -0.05) is 22.7 Å². The molecule has 0 saturated heterocycles. The van der Waals surface area contributed by atoms with Gasteiger partial charge in [0, 0.05) is 41.8 Å². The number of thiophene rings is 2. The average Bonchev–Trinajstić information content (AvgIpc) is 3.24. The molecule has 26 heavy (non-hydrogen) atoms. The molecule has 0 aliphatic rings. The number of rotatable bonds is 1. The van der Waals surface area contributed by atoms with Gasteiger partial charge in [0.2, 0.25) is 0 Å². The summed E-state index contributed by atoms with van der Waals surface area (Å²) >= 11 is 2.98. The molecule has 0 N–H and O–H groups in total. The number of hydrogen-bond donors (Lipinski definition) is 0. The lowest BCUT2D eigenvalue weighted by molar-refractivity contribution is 1.13. The maximum atomic E-state index is 4.63. The molecule has 0 atom stereocenters. The first-order valence-electron chi connectivity index (χ1n) is 7.59. The molecule has 8 nitrogen and oxygen atoms in total. The SMILES string of the molecule is c1ncc2c(n1)sc1nc(-c3ncc4c(n3)sc3nccnc34)ncc12. The largest absolute Gasteiger partial charge is 0.251 e. The van der Waals surface area contributed by atoms with Crippen LogP contribution < -0.4 is 0 Å². The van der Waals surface area contributed by atoms with Gasteiger partial charge in [0.1, 0.15) is 31.2 Å². The van der Waals surface area contributed by atoms with Crippen LogP contribution in [0.2, 0.25) is 0 Å². The van der Waals surface area contributed by atoms with Gasteiger partial charge in [-0.15, -0.1) is 0 Å². The van der Waals surface area contributed by atoms with Gasteiger partial charge in [-0.3, -0.25) is 4.98 Å². The predicted molar refractivity (Wildman–Crippen MR) is 100 cm³/mol. The van der Waals surface area contributed by atoms with Crippen LogP contribution in [0.4, 0.5) is 0 Å². The molecule has 0 fully saturated rings. The van der Waals surface area contributed by atoms with Crippen LogP contribution in [0.1, 0.15) is 0 Å². The Morgan fingerprint density at radius 2 is 1.27 bits per heavy atom. The fraction of sp³-hybridized carbons (Fsp3) is 0. The number of nitrogens with zero attached hydrogens (tertiary/aromatic N) is 8. The van der Waals surface area contributed by atoms with E-state index in [1.54, 1.807) is 31.0 Å². The van der Waals surface area contributed by atoms with Gasteiger partial charge in [-0.05, 0) is 0 Å². The van der Waals surface area contributed by atoms with Crippen molar-refractivity contribution >= 4 is 63.7 Å². The summed E-state index contributed by atoms with van der Waals surface area (Å²) in [6.07, 6.45) is 10.2. The van der Waals surface area contributed by atoms with Crippen molar-refractivity contribution in [3.8, 4) is 11.6 Å². The second-order valence-electron chi connectivity index (χ2n) is 5.48. The number of aromatic nitrogens is 8. The second kappa shape index (κ2) is 5.13. The van der Waals surface area contributed by atoms with Gasteiger partial charge in [-0.25, -0.2) is 34.9 Å². The van der Waals surface area contributed by atoms with Gasteiger partial charge in [0.25, 0.3) is 0 Å². The monoisotopic (exact) mass is 374 g/mol. The molecule has 0 aliphatic heterocycles. The zero-order valence-corrected chi connectivity index (χ0v) is 14.5. The summed E-state index contributed by atoms with van der Waals surface area (Å²) in [5, 5.41) is 2.78. The first-order valence-corrected chi connectivity index (χ1v) is 9.22. The van der Waals surface area contributed by atoms with E-state index in [-0.39, 0.29) is 0 Å². The molecule has 0 amide bonds. The zero-order valence-electron chi connectivity index (χ0n) is 12.9. The summed E-state index contributed by atoms with van der Waals surface area (Å²) in [4.78, 5) is 38.6. The van der Waals surface area contributed by atoms with Crippen LogP contribution in [-0.2, 0) is 0 Å². The van der Waals surface area contributed by atoms with E-state index in [0.717, 1.165) is 41.0 Å². The van der Waals surface area contributed by atoms with E-state index in [1.807, 2.05) is 0 Å². The topological polar surface area (TPSA) is 103 Å². The molecule has 0 bridgehead atoms. The smallest absolute Gasteiger partial charge is 0.199 e. The number of fused-ring (bicyclic) bond motifs is 6. The van der Waals surface area contributed by atoms with Crippen LogP contribution in [-0.4, -0.2) is 39.9 Å². The molecule has 10 heteroatoms. The molecule has 0 aromatic carbocycles. The van der Waals surface area contributed by atoms with Gasteiger partial charge in [0.05, 0.1) is 5.39 Å². The van der Waals surface area contributed by atoms with Crippen LogP contribution in [0, 0.1) is 0 Å². The van der Waals surface area contributed by atoms with Crippen molar-refractivity contribution in [3.05, 3.63) is 37.3 Å². The third-order valence-corrected chi connectivity index (χ3v) is 6.00. The standard InChI is InChI=1S/C16H6N8S2/c1-2-19-16-10(18-1)9-5-21-12(24-15(9)26-16)11-20-4-8-7-3-17-6-22-13(7)25-14(8)23-11/h1-6H. The van der Waals surface area contributed by atoms with Gasteiger partial charge >= 0.3 is 0 Å². The van der Waals surface area contributed by atoms with E-state index in [1.165, 1.54) is 29.0 Å². The lowest BCUT2D eigenvalue weighted by Gasteiger charge is -1.98. The van der Waals surface area contributed by atoms with Crippen LogP contribution in [0.15, 0.2) is 37.3 Å². The summed E-state index contributed by atoms with van der Waals surface area (Å²) < 4.78 is 0. The summed E-state index contributed by atoms with van der Waals surface area (Å²) in [7, 11) is 0. The predicted octanol–water partition coefficient (Wildman–Crippen LogP) is 3.25. The van der Waals surface area contributed by atoms with Crippen molar-refractivity contribution in [3.63, 3.8) is 0 Å². The van der Waals surface area contributed by atoms with Crippen LogP contribution in [0.5, 0.6) is 0 Å². The minimum Gasteiger partial charge on any atom is -0.251 e. The van der Waals surface area contributed by atoms with Gasteiger partial charge in [-0.2, -0.15) is 0 Å². The Hall–Kier alpha value is -3.24. The van der Waals surface area contributed by atoms with Crippen molar-refractivity contribution in [2.45, 2.75) is 0 Å². The molecule has 6 aromatic rings. The molecule has 122 valence electrons. The van der Waals surface area contributed by atoms with E-state index in [0.29, 0.717) is 11.6 Å². The minimum atomic E-state index is 0.481. The fourth-order valence-corrected chi connectivity index (χ4v) is 4.71. The first-order chi connectivity index (χ1) is 12.9. The maximum Gasteiger partial charge on any atom is 0.199 e. The van der Waals surface area contributed by atoms with Gasteiger partial charge in [0.15, 0.2) is 11.6 Å². The van der Waals surface area contributed by atoms with Gasteiger partial charge < -0.3 is 0 Å². The number of hydrogen-bond acceptors (Lipinski definition) is 10. The first kappa shape index (κ1) is 14.0. The quantitative estimate of drug-likeness (QED) is 0.432. The Labute approximate surface area is 152 Å². The maximum absolute atomic E-state index is 4.63. The molecular weight excluding hydrogens is 368 g/mol. The highest BCUT2D eigenvalue weighted by molar-refractivity contribution is 7.25. The van der Waals surface area contributed by atoms with Crippen LogP contribution in [0.3, 0.4) is 0 Å². The Bertz CT molecular complexity index is 1340. The molecular formula is C16H6N8S2. The summed E-state index contributed by atoms with van der Waals surface area (Å²) in [5.74, 6) is 0.965. The van der Waals surface area contributed by atoms with Crippen molar-refractivity contribution in [1.29, 1.82) is 0 Å². The van der Waals surface area contributed by atoms with E-state index in [9.17, 15) is 0 Å².